The van der Waals surface area contributed by atoms with Gasteiger partial charge < -0.3 is 4.57 Å². The summed E-state index contributed by atoms with van der Waals surface area (Å²) in [5.41, 5.74) is 2.81. The summed E-state index contributed by atoms with van der Waals surface area (Å²) in [7, 11) is 0. The minimum atomic E-state index is 0.542. The first-order chi connectivity index (χ1) is 6.74. The molecule has 74 valence electrons. The zero-order valence-corrected chi connectivity index (χ0v) is 9.12. The van der Waals surface area contributed by atoms with Gasteiger partial charge in [-0.15, -0.1) is 0 Å². The number of nitrogens with zero attached hydrogens (tertiary/aromatic N) is 1. The third-order valence-corrected chi connectivity index (χ3v) is 2.76. The van der Waals surface area contributed by atoms with Crippen molar-refractivity contribution in [1.29, 1.82) is 0 Å². The second-order valence-corrected chi connectivity index (χ2v) is 4.03. The maximum Gasteiger partial charge on any atom is 0.0485 e. The van der Waals surface area contributed by atoms with Gasteiger partial charge in [-0.1, -0.05) is 25.1 Å². The fourth-order valence-electron chi connectivity index (χ4n) is 1.99. The van der Waals surface area contributed by atoms with Gasteiger partial charge in [-0.2, -0.15) is 0 Å². The van der Waals surface area contributed by atoms with E-state index in [0.717, 1.165) is 6.42 Å². The number of para-hydroxylation sites is 1. The Hall–Kier alpha value is -1.24. The number of hydrogen-bond donors (Lipinski definition) is 0. The van der Waals surface area contributed by atoms with Gasteiger partial charge in [0.2, 0.25) is 0 Å². The van der Waals surface area contributed by atoms with Crippen molar-refractivity contribution in [1.82, 2.24) is 4.57 Å². The summed E-state index contributed by atoms with van der Waals surface area (Å²) in [5.74, 6) is 0. The van der Waals surface area contributed by atoms with Crippen LogP contribution >= 0.6 is 0 Å². The summed E-state index contributed by atoms with van der Waals surface area (Å²) in [6.45, 7) is 6.67. The van der Waals surface area contributed by atoms with Gasteiger partial charge in [0.25, 0.3) is 0 Å². The van der Waals surface area contributed by atoms with Gasteiger partial charge in [-0.05, 0) is 31.9 Å². The molecule has 0 bridgehead atoms. The Morgan fingerprint density at radius 2 is 1.93 bits per heavy atom. The van der Waals surface area contributed by atoms with Gasteiger partial charge >= 0.3 is 0 Å². The normalized spacial score (nSPS) is 11.4. The van der Waals surface area contributed by atoms with E-state index >= 15 is 0 Å². The van der Waals surface area contributed by atoms with E-state index in [1.807, 2.05) is 0 Å². The van der Waals surface area contributed by atoms with E-state index in [4.69, 9.17) is 0 Å². The molecule has 0 fully saturated rings. The highest BCUT2D eigenvalue weighted by Crippen LogP contribution is 2.24. The lowest BCUT2D eigenvalue weighted by molar-refractivity contribution is 0.621. The van der Waals surface area contributed by atoms with Crippen molar-refractivity contribution >= 4 is 10.9 Å². The van der Waals surface area contributed by atoms with E-state index in [1.165, 1.54) is 16.5 Å². The van der Waals surface area contributed by atoms with Crippen molar-refractivity contribution in [3.8, 4) is 0 Å². The molecule has 1 heterocycles. The Kier molecular flexibility index (Phi) is 2.32. The molecule has 0 saturated heterocycles. The van der Waals surface area contributed by atoms with Crippen molar-refractivity contribution < 1.29 is 0 Å². The van der Waals surface area contributed by atoms with Crippen LogP contribution in [0.1, 0.15) is 32.4 Å². The van der Waals surface area contributed by atoms with E-state index in [9.17, 15) is 0 Å². The first kappa shape index (κ1) is 9.32. The van der Waals surface area contributed by atoms with Gasteiger partial charge in [0, 0.05) is 23.1 Å². The van der Waals surface area contributed by atoms with Crippen molar-refractivity contribution in [3.63, 3.8) is 0 Å². The maximum atomic E-state index is 2.36. The molecule has 0 saturated carbocycles. The number of aromatic nitrogens is 1. The van der Waals surface area contributed by atoms with Crippen LogP contribution in [0.25, 0.3) is 10.9 Å². The predicted octanol–water partition coefficient (Wildman–Crippen LogP) is 3.78. The molecule has 1 aromatic heterocycles. The van der Waals surface area contributed by atoms with Crippen LogP contribution in [0.4, 0.5) is 0 Å². The molecule has 0 radical (unpaired) electrons. The van der Waals surface area contributed by atoms with Gasteiger partial charge in [-0.25, -0.2) is 0 Å². The standard InChI is InChI=1S/C13H17N/c1-4-11-9-14(10(2)3)13-8-6-5-7-12(11)13/h5-10H,4H2,1-3H3. The van der Waals surface area contributed by atoms with Gasteiger partial charge in [0.05, 0.1) is 0 Å². The van der Waals surface area contributed by atoms with Gasteiger partial charge in [0.15, 0.2) is 0 Å². The minimum absolute atomic E-state index is 0.542. The molecule has 1 heteroatoms. The lowest BCUT2D eigenvalue weighted by atomic mass is 10.1. The number of rotatable bonds is 2. The Morgan fingerprint density at radius 3 is 2.57 bits per heavy atom. The molecule has 14 heavy (non-hydrogen) atoms. The van der Waals surface area contributed by atoms with Crippen molar-refractivity contribution in [2.24, 2.45) is 0 Å². The lowest BCUT2D eigenvalue weighted by Crippen LogP contribution is -1.97. The molecule has 1 nitrogen and oxygen atoms in total. The van der Waals surface area contributed by atoms with Crippen LogP contribution in [0, 0.1) is 0 Å². The van der Waals surface area contributed by atoms with Crippen LogP contribution in [0.5, 0.6) is 0 Å². The fourth-order valence-corrected chi connectivity index (χ4v) is 1.99. The Balaban J connectivity index is 2.73. The molecule has 0 N–H and O–H groups in total. The molecule has 2 rings (SSSR count). The number of benzene rings is 1. The monoisotopic (exact) mass is 187 g/mol. The van der Waals surface area contributed by atoms with E-state index < -0.39 is 0 Å². The molecule has 0 unspecified atom stereocenters. The van der Waals surface area contributed by atoms with Crippen LogP contribution in [-0.2, 0) is 6.42 Å². The van der Waals surface area contributed by atoms with E-state index in [1.54, 1.807) is 0 Å². The topological polar surface area (TPSA) is 4.93 Å². The molecule has 0 atom stereocenters. The van der Waals surface area contributed by atoms with Gasteiger partial charge in [-0.3, -0.25) is 0 Å². The summed E-state index contributed by atoms with van der Waals surface area (Å²) >= 11 is 0. The molecule has 1 aromatic carbocycles. The summed E-state index contributed by atoms with van der Waals surface area (Å²) < 4.78 is 2.36. The molecule has 0 aliphatic carbocycles. The zero-order chi connectivity index (χ0) is 10.1. The van der Waals surface area contributed by atoms with E-state index in [0.29, 0.717) is 6.04 Å². The van der Waals surface area contributed by atoms with E-state index in [-0.39, 0.29) is 0 Å². The molecule has 0 aliphatic rings. The molecule has 0 spiro atoms. The van der Waals surface area contributed by atoms with E-state index in [2.05, 4.69) is 55.8 Å². The van der Waals surface area contributed by atoms with Crippen LogP contribution in [-0.4, -0.2) is 4.57 Å². The Morgan fingerprint density at radius 1 is 1.21 bits per heavy atom. The van der Waals surface area contributed by atoms with Crippen molar-refractivity contribution in [3.05, 3.63) is 36.0 Å². The zero-order valence-electron chi connectivity index (χ0n) is 9.12. The summed E-state index contributed by atoms with van der Waals surface area (Å²) in [4.78, 5) is 0. The average molecular weight is 187 g/mol. The second kappa shape index (κ2) is 3.49. The smallest absolute Gasteiger partial charge is 0.0485 e. The molecule has 0 aliphatic heterocycles. The number of fused-ring (bicyclic) bond motifs is 1. The fraction of sp³-hybridized carbons (Fsp3) is 0.385. The maximum absolute atomic E-state index is 2.36. The Labute approximate surface area is 85.4 Å². The summed E-state index contributed by atoms with van der Waals surface area (Å²) in [6, 6.07) is 9.19. The minimum Gasteiger partial charge on any atom is -0.345 e. The SMILES string of the molecule is CCc1cn(C(C)C)c2ccccc12. The molecular weight excluding hydrogens is 170 g/mol. The molecule has 0 amide bonds. The van der Waals surface area contributed by atoms with Crippen LogP contribution < -0.4 is 0 Å². The predicted molar refractivity (Wildman–Crippen MR) is 61.7 cm³/mol. The number of hydrogen-bond acceptors (Lipinski definition) is 0. The van der Waals surface area contributed by atoms with Gasteiger partial charge in [0.1, 0.15) is 0 Å². The van der Waals surface area contributed by atoms with Crippen molar-refractivity contribution in [2.45, 2.75) is 33.2 Å². The number of aryl methyl sites for hydroxylation is 1. The van der Waals surface area contributed by atoms with Crippen LogP contribution in [0.15, 0.2) is 30.5 Å². The third kappa shape index (κ3) is 1.33. The summed E-state index contributed by atoms with van der Waals surface area (Å²) in [5, 5.41) is 1.41. The quantitative estimate of drug-likeness (QED) is 0.674. The van der Waals surface area contributed by atoms with Crippen LogP contribution in [0.3, 0.4) is 0 Å². The van der Waals surface area contributed by atoms with Crippen LogP contribution in [0.2, 0.25) is 0 Å². The van der Waals surface area contributed by atoms with Crippen molar-refractivity contribution in [2.75, 3.05) is 0 Å². The first-order valence-corrected chi connectivity index (χ1v) is 5.32. The third-order valence-electron chi connectivity index (χ3n) is 2.76. The first-order valence-electron chi connectivity index (χ1n) is 5.32. The largest absolute Gasteiger partial charge is 0.345 e. The molecule has 2 aromatic rings. The average Bonchev–Trinajstić information content (AvgIpc) is 2.56. The lowest BCUT2D eigenvalue weighted by Gasteiger charge is -2.08. The summed E-state index contributed by atoms with van der Waals surface area (Å²) in [6.07, 6.45) is 3.40. The highest BCUT2D eigenvalue weighted by atomic mass is 15.0. The Bertz CT molecular complexity index is 437. The second-order valence-electron chi connectivity index (χ2n) is 4.03. The molecular formula is C13H17N. The highest BCUT2D eigenvalue weighted by molar-refractivity contribution is 5.84. The highest BCUT2D eigenvalue weighted by Gasteiger charge is 2.07.